The van der Waals surface area contributed by atoms with E-state index in [0.29, 0.717) is 44.2 Å². The van der Waals surface area contributed by atoms with Crippen molar-refractivity contribution in [2.24, 2.45) is 11.1 Å². The average Bonchev–Trinajstić information content (AvgIpc) is 2.54. The van der Waals surface area contributed by atoms with Crippen LogP contribution in [0.2, 0.25) is 5.02 Å². The molecule has 0 unspecified atom stereocenters. The zero-order chi connectivity index (χ0) is 17.1. The molecule has 23 heavy (non-hydrogen) atoms. The smallest absolute Gasteiger partial charge is 0.233 e. The Morgan fingerprint density at radius 3 is 2.52 bits per heavy atom. The topological polar surface area (TPSA) is 55.6 Å². The summed E-state index contributed by atoms with van der Waals surface area (Å²) in [4.78, 5) is 15.1. The van der Waals surface area contributed by atoms with Gasteiger partial charge in [-0.1, -0.05) is 43.6 Å². The van der Waals surface area contributed by atoms with Crippen LogP contribution in [-0.4, -0.2) is 44.2 Å². The molecule has 4 nitrogen and oxygen atoms in total. The first kappa shape index (κ1) is 18.2. The summed E-state index contributed by atoms with van der Waals surface area (Å²) in [6, 6.07) is 7.65. The van der Waals surface area contributed by atoms with Crippen LogP contribution in [0.5, 0.6) is 0 Å². The number of ether oxygens (including phenoxy) is 1. The van der Waals surface area contributed by atoms with E-state index in [1.54, 1.807) is 0 Å². The van der Waals surface area contributed by atoms with Crippen molar-refractivity contribution in [3.63, 3.8) is 0 Å². The second kappa shape index (κ2) is 7.20. The van der Waals surface area contributed by atoms with Crippen molar-refractivity contribution in [2.45, 2.75) is 32.1 Å². The van der Waals surface area contributed by atoms with E-state index in [1.807, 2.05) is 36.2 Å². The van der Waals surface area contributed by atoms with Crippen molar-refractivity contribution in [1.29, 1.82) is 0 Å². The zero-order valence-electron chi connectivity index (χ0n) is 14.3. The lowest BCUT2D eigenvalue weighted by Gasteiger charge is -2.41. The van der Waals surface area contributed by atoms with Crippen molar-refractivity contribution in [3.05, 3.63) is 34.9 Å². The molecule has 0 atom stereocenters. The first-order valence-electron chi connectivity index (χ1n) is 8.11. The summed E-state index contributed by atoms with van der Waals surface area (Å²) in [5.74, 6) is 0.107. The van der Waals surface area contributed by atoms with Crippen molar-refractivity contribution >= 4 is 17.5 Å². The van der Waals surface area contributed by atoms with Gasteiger partial charge in [0.15, 0.2) is 0 Å². The lowest BCUT2D eigenvalue weighted by molar-refractivity contribution is -0.141. The van der Waals surface area contributed by atoms with Crippen LogP contribution in [0, 0.1) is 5.41 Å². The summed E-state index contributed by atoms with van der Waals surface area (Å²) in [5, 5.41) is 0.647. The van der Waals surface area contributed by atoms with Crippen LogP contribution in [0.4, 0.5) is 0 Å². The van der Waals surface area contributed by atoms with Crippen molar-refractivity contribution in [3.8, 4) is 0 Å². The van der Waals surface area contributed by atoms with Gasteiger partial charge in [-0.05, 0) is 36.4 Å². The Balaban J connectivity index is 2.35. The molecule has 5 heteroatoms. The van der Waals surface area contributed by atoms with Gasteiger partial charge < -0.3 is 15.4 Å². The van der Waals surface area contributed by atoms with Gasteiger partial charge in [0.25, 0.3) is 0 Å². The highest BCUT2D eigenvalue weighted by atomic mass is 35.5. The molecule has 0 spiro atoms. The standard InChI is InChI=1S/C18H27ClN2O2/c1-17(2,12-20)13-21(3)16(22)18(8-10-23-11-9-18)14-6-4-5-7-15(14)19/h4-7H,8-13,20H2,1-3H3. The molecule has 1 fully saturated rings. The third kappa shape index (κ3) is 3.87. The molecule has 0 aromatic heterocycles. The van der Waals surface area contributed by atoms with E-state index in [-0.39, 0.29) is 11.3 Å². The van der Waals surface area contributed by atoms with Crippen LogP contribution in [0.1, 0.15) is 32.3 Å². The van der Waals surface area contributed by atoms with Gasteiger partial charge in [0.05, 0.1) is 5.41 Å². The molecule has 1 amide bonds. The van der Waals surface area contributed by atoms with Crippen LogP contribution < -0.4 is 5.73 Å². The van der Waals surface area contributed by atoms with Gasteiger partial charge in [0.1, 0.15) is 0 Å². The molecular formula is C18H27ClN2O2. The largest absolute Gasteiger partial charge is 0.381 e. The second-order valence-corrected chi connectivity index (χ2v) is 7.61. The van der Waals surface area contributed by atoms with Crippen LogP contribution in [0.3, 0.4) is 0 Å². The zero-order valence-corrected chi connectivity index (χ0v) is 15.0. The predicted molar refractivity (Wildman–Crippen MR) is 93.7 cm³/mol. The van der Waals surface area contributed by atoms with E-state index in [0.717, 1.165) is 5.56 Å². The molecule has 2 N–H and O–H groups in total. The van der Waals surface area contributed by atoms with Gasteiger partial charge in [-0.25, -0.2) is 0 Å². The molecule has 0 bridgehead atoms. The number of nitrogens with zero attached hydrogens (tertiary/aromatic N) is 1. The molecular weight excluding hydrogens is 312 g/mol. The number of carbonyl (C=O) groups is 1. The fourth-order valence-electron chi connectivity index (χ4n) is 3.31. The first-order chi connectivity index (χ1) is 10.8. The molecule has 1 aromatic rings. The minimum absolute atomic E-state index is 0.107. The summed E-state index contributed by atoms with van der Waals surface area (Å²) < 4.78 is 5.50. The number of benzene rings is 1. The van der Waals surface area contributed by atoms with E-state index in [1.165, 1.54) is 0 Å². The number of halogens is 1. The number of likely N-dealkylation sites (N-methyl/N-ethyl adjacent to an activating group) is 1. The molecule has 1 heterocycles. The monoisotopic (exact) mass is 338 g/mol. The third-order valence-electron chi connectivity index (χ3n) is 4.71. The maximum Gasteiger partial charge on any atom is 0.233 e. The summed E-state index contributed by atoms with van der Waals surface area (Å²) >= 11 is 6.42. The van der Waals surface area contributed by atoms with Crippen LogP contribution in [-0.2, 0) is 14.9 Å². The summed E-state index contributed by atoms with van der Waals surface area (Å²) in [5.41, 5.74) is 6.02. The molecule has 1 aliphatic heterocycles. The van der Waals surface area contributed by atoms with Gasteiger partial charge in [0.2, 0.25) is 5.91 Å². The molecule has 0 saturated carbocycles. The SMILES string of the molecule is CN(CC(C)(C)CN)C(=O)C1(c2ccccc2Cl)CCOCC1. The maximum atomic E-state index is 13.3. The normalized spacial score (nSPS) is 17.8. The third-order valence-corrected chi connectivity index (χ3v) is 5.04. The Bertz CT molecular complexity index is 554. The number of nitrogens with two attached hydrogens (primary N) is 1. The highest BCUT2D eigenvalue weighted by Gasteiger charge is 2.45. The maximum absolute atomic E-state index is 13.3. The van der Waals surface area contributed by atoms with E-state index in [2.05, 4.69) is 13.8 Å². The number of hydrogen-bond donors (Lipinski definition) is 1. The lowest BCUT2D eigenvalue weighted by atomic mass is 9.72. The Morgan fingerprint density at radius 2 is 1.96 bits per heavy atom. The number of carbonyl (C=O) groups excluding carboxylic acids is 1. The Hall–Kier alpha value is -1.10. The molecule has 0 aliphatic carbocycles. The molecule has 1 saturated heterocycles. The Morgan fingerprint density at radius 1 is 1.35 bits per heavy atom. The highest BCUT2D eigenvalue weighted by molar-refractivity contribution is 6.31. The number of rotatable bonds is 5. The minimum Gasteiger partial charge on any atom is -0.381 e. The summed E-state index contributed by atoms with van der Waals surface area (Å²) in [6.45, 7) is 6.45. The summed E-state index contributed by atoms with van der Waals surface area (Å²) in [7, 11) is 1.85. The minimum atomic E-state index is -0.601. The first-order valence-corrected chi connectivity index (χ1v) is 8.49. The van der Waals surface area contributed by atoms with E-state index in [4.69, 9.17) is 22.1 Å². The molecule has 1 aliphatic rings. The lowest BCUT2D eigenvalue weighted by Crippen LogP contribution is -2.51. The van der Waals surface area contributed by atoms with Crippen LogP contribution >= 0.6 is 11.6 Å². The summed E-state index contributed by atoms with van der Waals surface area (Å²) in [6.07, 6.45) is 1.31. The van der Waals surface area contributed by atoms with E-state index < -0.39 is 5.41 Å². The highest BCUT2D eigenvalue weighted by Crippen LogP contribution is 2.40. The second-order valence-electron chi connectivity index (χ2n) is 7.20. The van der Waals surface area contributed by atoms with Gasteiger partial charge in [0, 0.05) is 31.8 Å². The fourth-order valence-corrected chi connectivity index (χ4v) is 3.63. The van der Waals surface area contributed by atoms with Gasteiger partial charge in [-0.3, -0.25) is 4.79 Å². The van der Waals surface area contributed by atoms with Crippen molar-refractivity contribution < 1.29 is 9.53 Å². The van der Waals surface area contributed by atoms with Crippen molar-refractivity contribution in [1.82, 2.24) is 4.90 Å². The van der Waals surface area contributed by atoms with Gasteiger partial charge in [-0.15, -0.1) is 0 Å². The van der Waals surface area contributed by atoms with Crippen LogP contribution in [0.15, 0.2) is 24.3 Å². The molecule has 128 valence electrons. The quantitative estimate of drug-likeness (QED) is 0.898. The molecule has 0 radical (unpaired) electrons. The van der Waals surface area contributed by atoms with Gasteiger partial charge in [-0.2, -0.15) is 0 Å². The average molecular weight is 339 g/mol. The van der Waals surface area contributed by atoms with Crippen LogP contribution in [0.25, 0.3) is 0 Å². The Labute approximate surface area is 143 Å². The number of hydrogen-bond acceptors (Lipinski definition) is 3. The predicted octanol–water partition coefficient (Wildman–Crippen LogP) is 2.83. The van der Waals surface area contributed by atoms with Crippen molar-refractivity contribution in [2.75, 3.05) is 33.4 Å². The Kier molecular flexibility index (Phi) is 5.71. The fraction of sp³-hybridized carbons (Fsp3) is 0.611. The van der Waals surface area contributed by atoms with E-state index >= 15 is 0 Å². The molecule has 1 aromatic carbocycles. The number of amides is 1. The van der Waals surface area contributed by atoms with Gasteiger partial charge >= 0.3 is 0 Å². The van der Waals surface area contributed by atoms with E-state index in [9.17, 15) is 4.79 Å². The molecule has 2 rings (SSSR count).